The molecule has 0 aliphatic heterocycles. The van der Waals surface area contributed by atoms with E-state index in [2.05, 4.69) is 24.3 Å². The molecule has 0 aliphatic carbocycles. The number of rotatable bonds is 4. The molecule has 1 aromatic rings. The van der Waals surface area contributed by atoms with Crippen molar-refractivity contribution >= 4 is 35.4 Å². The van der Waals surface area contributed by atoms with Gasteiger partial charge < -0.3 is 0 Å². The number of allylic oxidation sites excluding steroid dienone is 2. The molecule has 1 aromatic carbocycles. The zero-order chi connectivity index (χ0) is 10.2. The largest absolute Gasteiger partial charge is 0.122 e. The van der Waals surface area contributed by atoms with Crippen LogP contribution < -0.4 is 0 Å². The van der Waals surface area contributed by atoms with Crippen LogP contribution in [0.3, 0.4) is 0 Å². The smallest absolute Gasteiger partial charge is 0.0407 e. The van der Waals surface area contributed by atoms with Gasteiger partial charge in [0.05, 0.1) is 0 Å². The summed E-state index contributed by atoms with van der Waals surface area (Å²) in [4.78, 5) is 0. The molecule has 0 spiro atoms. The van der Waals surface area contributed by atoms with E-state index in [4.69, 9.17) is 23.2 Å². The summed E-state index contributed by atoms with van der Waals surface area (Å²) in [5, 5.41) is 0. The molecule has 0 fully saturated rings. The van der Waals surface area contributed by atoms with Crippen molar-refractivity contribution in [1.82, 2.24) is 0 Å². The summed E-state index contributed by atoms with van der Waals surface area (Å²) in [7, 11) is 0. The molecule has 0 N–H and O–H groups in total. The summed E-state index contributed by atoms with van der Waals surface area (Å²) in [6, 6.07) is 8.21. The molecule has 0 radical (unpaired) electrons. The van der Waals surface area contributed by atoms with Crippen LogP contribution in [0.15, 0.2) is 36.4 Å². The molecular weight excluding hydrogens is 215 g/mol. The van der Waals surface area contributed by atoms with Gasteiger partial charge in [0, 0.05) is 11.8 Å². The van der Waals surface area contributed by atoms with Gasteiger partial charge in [0.2, 0.25) is 0 Å². The van der Waals surface area contributed by atoms with Gasteiger partial charge in [-0.15, -0.1) is 23.2 Å². The first-order chi connectivity index (χ1) is 6.86. The lowest BCUT2D eigenvalue weighted by Crippen LogP contribution is -1.75. The minimum Gasteiger partial charge on any atom is -0.122 e. The number of alkyl halides is 2. The summed E-state index contributed by atoms with van der Waals surface area (Å²) < 4.78 is 0. The second kappa shape index (κ2) is 6.69. The lowest BCUT2D eigenvalue weighted by molar-refractivity contribution is 1.60. The monoisotopic (exact) mass is 226 g/mol. The third kappa shape index (κ3) is 3.99. The maximum atomic E-state index is 5.54. The van der Waals surface area contributed by atoms with Gasteiger partial charge in [-0.3, -0.25) is 0 Å². The minimum atomic E-state index is 0.550. The second-order valence-electron chi connectivity index (χ2n) is 2.78. The Bertz CT molecular complexity index is 277. The SMILES string of the molecule is ClC/C=C/c1ccc(/C=C/CCl)cc1. The standard InChI is InChI=1S/C12H12Cl2/c13-9-1-3-11-5-7-12(8-6-11)4-2-10-14/h1-8H,9-10H2/b3-1+,4-2+. The van der Waals surface area contributed by atoms with Gasteiger partial charge in [0.1, 0.15) is 0 Å². The molecule has 0 aromatic heterocycles. The molecule has 0 atom stereocenters. The molecule has 0 heterocycles. The Morgan fingerprint density at radius 1 is 0.786 bits per heavy atom. The van der Waals surface area contributed by atoms with Crippen LogP contribution >= 0.6 is 23.2 Å². The van der Waals surface area contributed by atoms with Crippen LogP contribution in [0.4, 0.5) is 0 Å². The molecule has 14 heavy (non-hydrogen) atoms. The number of benzene rings is 1. The highest BCUT2D eigenvalue weighted by Crippen LogP contribution is 2.08. The van der Waals surface area contributed by atoms with Crippen LogP contribution in [-0.2, 0) is 0 Å². The Kier molecular flexibility index (Phi) is 5.43. The quantitative estimate of drug-likeness (QED) is 0.676. The van der Waals surface area contributed by atoms with Crippen LogP contribution in [0.2, 0.25) is 0 Å². The summed E-state index contributed by atoms with van der Waals surface area (Å²) >= 11 is 11.1. The van der Waals surface area contributed by atoms with E-state index in [9.17, 15) is 0 Å². The van der Waals surface area contributed by atoms with Crippen LogP contribution in [0.25, 0.3) is 12.2 Å². The van der Waals surface area contributed by atoms with E-state index >= 15 is 0 Å². The average molecular weight is 227 g/mol. The summed E-state index contributed by atoms with van der Waals surface area (Å²) in [6.07, 6.45) is 7.85. The zero-order valence-electron chi connectivity index (χ0n) is 7.79. The molecule has 0 bridgehead atoms. The topological polar surface area (TPSA) is 0 Å². The molecule has 1 rings (SSSR count). The van der Waals surface area contributed by atoms with E-state index < -0.39 is 0 Å². The molecule has 0 saturated heterocycles. The van der Waals surface area contributed by atoms with Gasteiger partial charge in [-0.25, -0.2) is 0 Å². The van der Waals surface area contributed by atoms with Crippen molar-refractivity contribution < 1.29 is 0 Å². The van der Waals surface area contributed by atoms with Crippen LogP contribution in [0, 0.1) is 0 Å². The number of halogens is 2. The van der Waals surface area contributed by atoms with E-state index in [0.717, 1.165) is 11.1 Å². The lowest BCUT2D eigenvalue weighted by atomic mass is 10.1. The van der Waals surface area contributed by atoms with Crippen LogP contribution in [0.1, 0.15) is 11.1 Å². The first-order valence-electron chi connectivity index (χ1n) is 4.42. The highest BCUT2D eigenvalue weighted by molar-refractivity contribution is 6.19. The predicted octanol–water partition coefficient (Wildman–Crippen LogP) is 4.19. The van der Waals surface area contributed by atoms with Gasteiger partial charge in [-0.1, -0.05) is 48.6 Å². The van der Waals surface area contributed by atoms with Crippen molar-refractivity contribution in [2.24, 2.45) is 0 Å². The predicted molar refractivity (Wildman–Crippen MR) is 66.0 cm³/mol. The third-order valence-corrected chi connectivity index (χ3v) is 2.09. The van der Waals surface area contributed by atoms with Gasteiger partial charge >= 0.3 is 0 Å². The molecule has 74 valence electrons. The summed E-state index contributed by atoms with van der Waals surface area (Å²) in [5.74, 6) is 1.10. The van der Waals surface area contributed by atoms with Gasteiger partial charge in [0.15, 0.2) is 0 Å². The fourth-order valence-electron chi connectivity index (χ4n) is 1.08. The van der Waals surface area contributed by atoms with Crippen molar-refractivity contribution in [3.05, 3.63) is 47.5 Å². The molecular formula is C12H12Cl2. The van der Waals surface area contributed by atoms with E-state index in [0.29, 0.717) is 11.8 Å². The highest BCUT2D eigenvalue weighted by atomic mass is 35.5. The first kappa shape index (κ1) is 11.4. The van der Waals surface area contributed by atoms with E-state index in [-0.39, 0.29) is 0 Å². The van der Waals surface area contributed by atoms with Crippen molar-refractivity contribution in [2.75, 3.05) is 11.8 Å². The Hall–Kier alpha value is -0.720. The van der Waals surface area contributed by atoms with Gasteiger partial charge in [-0.2, -0.15) is 0 Å². The number of hydrogen-bond acceptors (Lipinski definition) is 0. The maximum Gasteiger partial charge on any atom is 0.0407 e. The normalized spacial score (nSPS) is 11.6. The van der Waals surface area contributed by atoms with Gasteiger partial charge in [-0.05, 0) is 11.1 Å². The van der Waals surface area contributed by atoms with E-state index in [1.807, 2.05) is 24.3 Å². The van der Waals surface area contributed by atoms with Gasteiger partial charge in [0.25, 0.3) is 0 Å². The van der Waals surface area contributed by atoms with Crippen molar-refractivity contribution in [1.29, 1.82) is 0 Å². The highest BCUT2D eigenvalue weighted by Gasteiger charge is 1.87. The number of hydrogen-bond donors (Lipinski definition) is 0. The average Bonchev–Trinajstić information content (AvgIpc) is 2.25. The van der Waals surface area contributed by atoms with E-state index in [1.54, 1.807) is 0 Å². The lowest BCUT2D eigenvalue weighted by Gasteiger charge is -1.95. The third-order valence-electron chi connectivity index (χ3n) is 1.74. The molecule has 2 heteroatoms. The van der Waals surface area contributed by atoms with E-state index in [1.165, 1.54) is 0 Å². The molecule has 0 nitrogen and oxygen atoms in total. The summed E-state index contributed by atoms with van der Waals surface area (Å²) in [5.41, 5.74) is 2.32. The van der Waals surface area contributed by atoms with Crippen molar-refractivity contribution in [2.45, 2.75) is 0 Å². The molecule has 0 aliphatic rings. The molecule has 0 saturated carbocycles. The van der Waals surface area contributed by atoms with Crippen LogP contribution in [0.5, 0.6) is 0 Å². The minimum absolute atomic E-state index is 0.550. The van der Waals surface area contributed by atoms with Crippen LogP contribution in [-0.4, -0.2) is 11.8 Å². The van der Waals surface area contributed by atoms with Crippen molar-refractivity contribution in [3.8, 4) is 0 Å². The molecule has 0 unspecified atom stereocenters. The maximum absolute atomic E-state index is 5.54. The fourth-order valence-corrected chi connectivity index (χ4v) is 1.26. The Labute approximate surface area is 94.8 Å². The van der Waals surface area contributed by atoms with Crippen molar-refractivity contribution in [3.63, 3.8) is 0 Å². The Balaban J connectivity index is 2.68. The zero-order valence-corrected chi connectivity index (χ0v) is 9.30. The summed E-state index contributed by atoms with van der Waals surface area (Å²) in [6.45, 7) is 0. The second-order valence-corrected chi connectivity index (χ2v) is 3.40. The Morgan fingerprint density at radius 3 is 1.43 bits per heavy atom. The Morgan fingerprint density at radius 2 is 1.14 bits per heavy atom. The molecule has 0 amide bonds. The fraction of sp³-hybridized carbons (Fsp3) is 0.167. The first-order valence-corrected chi connectivity index (χ1v) is 5.49.